The molecule has 0 bridgehead atoms. The highest BCUT2D eigenvalue weighted by Gasteiger charge is 2.44. The zero-order valence-electron chi connectivity index (χ0n) is 11.2. The molecule has 0 unspecified atom stereocenters. The molecule has 1 fully saturated rings. The second-order valence-corrected chi connectivity index (χ2v) is 5.77. The quantitative estimate of drug-likeness (QED) is 0.867. The van der Waals surface area contributed by atoms with Crippen molar-refractivity contribution in [3.05, 3.63) is 23.8 Å². The number of para-hydroxylation sites is 1. The van der Waals surface area contributed by atoms with Gasteiger partial charge < -0.3 is 14.8 Å². The van der Waals surface area contributed by atoms with Crippen molar-refractivity contribution in [3.63, 3.8) is 0 Å². The van der Waals surface area contributed by atoms with E-state index in [0.717, 1.165) is 30.5 Å². The summed E-state index contributed by atoms with van der Waals surface area (Å²) in [6.45, 7) is 6.97. The Hall–Kier alpha value is -1.22. The SMILES string of the molecule is CC(C)C1(CNCc2cccc3c2OCO3)CC1. The van der Waals surface area contributed by atoms with Gasteiger partial charge in [-0.1, -0.05) is 26.0 Å². The van der Waals surface area contributed by atoms with Crippen LogP contribution >= 0.6 is 0 Å². The maximum atomic E-state index is 5.51. The van der Waals surface area contributed by atoms with Gasteiger partial charge in [-0.15, -0.1) is 0 Å². The molecule has 1 aromatic rings. The molecule has 0 saturated heterocycles. The van der Waals surface area contributed by atoms with Crippen molar-refractivity contribution in [1.82, 2.24) is 5.32 Å². The molecule has 0 radical (unpaired) electrons. The molecule has 1 aliphatic heterocycles. The van der Waals surface area contributed by atoms with Gasteiger partial charge in [-0.25, -0.2) is 0 Å². The molecule has 1 aliphatic carbocycles. The fourth-order valence-electron chi connectivity index (χ4n) is 2.69. The first-order valence-corrected chi connectivity index (χ1v) is 6.79. The van der Waals surface area contributed by atoms with Gasteiger partial charge >= 0.3 is 0 Å². The van der Waals surface area contributed by atoms with Gasteiger partial charge in [-0.2, -0.15) is 0 Å². The van der Waals surface area contributed by atoms with Gasteiger partial charge in [0.25, 0.3) is 0 Å². The first-order chi connectivity index (χ1) is 8.71. The summed E-state index contributed by atoms with van der Waals surface area (Å²) >= 11 is 0. The lowest BCUT2D eigenvalue weighted by Crippen LogP contribution is -2.27. The highest BCUT2D eigenvalue weighted by atomic mass is 16.7. The van der Waals surface area contributed by atoms with Crippen molar-refractivity contribution in [3.8, 4) is 11.5 Å². The maximum absolute atomic E-state index is 5.51. The van der Waals surface area contributed by atoms with Crippen LogP contribution in [0.25, 0.3) is 0 Å². The normalized spacial score (nSPS) is 19.3. The van der Waals surface area contributed by atoms with Crippen LogP contribution in [0, 0.1) is 11.3 Å². The third-order valence-electron chi connectivity index (χ3n) is 4.39. The fraction of sp³-hybridized carbons (Fsp3) is 0.600. The zero-order valence-corrected chi connectivity index (χ0v) is 11.2. The van der Waals surface area contributed by atoms with Gasteiger partial charge in [-0.05, 0) is 30.2 Å². The Morgan fingerprint density at radius 2 is 2.11 bits per heavy atom. The van der Waals surface area contributed by atoms with Crippen LogP contribution < -0.4 is 14.8 Å². The van der Waals surface area contributed by atoms with Crippen LogP contribution in [0.2, 0.25) is 0 Å². The molecule has 3 heteroatoms. The smallest absolute Gasteiger partial charge is 0.231 e. The summed E-state index contributed by atoms with van der Waals surface area (Å²) < 4.78 is 10.9. The van der Waals surface area contributed by atoms with Crippen LogP contribution in [-0.4, -0.2) is 13.3 Å². The van der Waals surface area contributed by atoms with Crippen LogP contribution in [0.15, 0.2) is 18.2 Å². The maximum Gasteiger partial charge on any atom is 0.231 e. The molecule has 3 rings (SSSR count). The Bertz CT molecular complexity index is 438. The first-order valence-electron chi connectivity index (χ1n) is 6.79. The molecule has 3 nitrogen and oxygen atoms in total. The summed E-state index contributed by atoms with van der Waals surface area (Å²) in [5.74, 6) is 2.56. The third-order valence-corrected chi connectivity index (χ3v) is 4.39. The Morgan fingerprint density at radius 1 is 1.28 bits per heavy atom. The molecule has 0 amide bonds. The molecule has 98 valence electrons. The fourth-order valence-corrected chi connectivity index (χ4v) is 2.69. The van der Waals surface area contributed by atoms with E-state index in [1.54, 1.807) is 0 Å². The molecular formula is C15H21NO2. The van der Waals surface area contributed by atoms with Crippen LogP contribution in [-0.2, 0) is 6.54 Å². The van der Waals surface area contributed by atoms with Crippen LogP contribution in [0.3, 0.4) is 0 Å². The summed E-state index contributed by atoms with van der Waals surface area (Å²) in [6.07, 6.45) is 2.73. The van der Waals surface area contributed by atoms with Gasteiger partial charge in [0.15, 0.2) is 11.5 Å². The average molecular weight is 247 g/mol. The monoisotopic (exact) mass is 247 g/mol. The van der Waals surface area contributed by atoms with E-state index in [0.29, 0.717) is 12.2 Å². The van der Waals surface area contributed by atoms with Crippen molar-refractivity contribution in [2.45, 2.75) is 33.2 Å². The molecule has 1 saturated carbocycles. The highest BCUT2D eigenvalue weighted by molar-refractivity contribution is 5.48. The van der Waals surface area contributed by atoms with Crippen LogP contribution in [0.1, 0.15) is 32.3 Å². The summed E-state index contributed by atoms with van der Waals surface area (Å²) in [6, 6.07) is 6.09. The van der Waals surface area contributed by atoms with Gasteiger partial charge in [0.05, 0.1) is 0 Å². The number of rotatable bonds is 5. The number of hydrogen-bond donors (Lipinski definition) is 1. The van der Waals surface area contributed by atoms with Gasteiger partial charge in [0, 0.05) is 18.7 Å². The Morgan fingerprint density at radius 3 is 2.83 bits per heavy atom. The summed E-state index contributed by atoms with van der Waals surface area (Å²) in [4.78, 5) is 0. The van der Waals surface area contributed by atoms with Crippen molar-refractivity contribution in [2.75, 3.05) is 13.3 Å². The van der Waals surface area contributed by atoms with E-state index < -0.39 is 0 Å². The van der Waals surface area contributed by atoms with E-state index in [1.165, 1.54) is 18.4 Å². The largest absolute Gasteiger partial charge is 0.454 e. The third kappa shape index (κ3) is 2.07. The van der Waals surface area contributed by atoms with Gasteiger partial charge in [0.2, 0.25) is 6.79 Å². The second kappa shape index (κ2) is 4.47. The Labute approximate surface area is 108 Å². The zero-order chi connectivity index (χ0) is 12.6. The molecule has 0 aromatic heterocycles. The predicted molar refractivity (Wildman–Crippen MR) is 70.8 cm³/mol. The molecule has 1 N–H and O–H groups in total. The summed E-state index contributed by atoms with van der Waals surface area (Å²) in [7, 11) is 0. The molecule has 1 aromatic carbocycles. The lowest BCUT2D eigenvalue weighted by atomic mass is 9.92. The number of hydrogen-bond acceptors (Lipinski definition) is 3. The minimum Gasteiger partial charge on any atom is -0.454 e. The average Bonchev–Trinajstić information content (AvgIpc) is 2.99. The van der Waals surface area contributed by atoms with E-state index in [-0.39, 0.29) is 0 Å². The lowest BCUT2D eigenvalue weighted by molar-refractivity contribution is 0.173. The number of benzene rings is 1. The summed E-state index contributed by atoms with van der Waals surface area (Å²) in [5, 5.41) is 3.58. The summed E-state index contributed by atoms with van der Waals surface area (Å²) in [5.41, 5.74) is 1.75. The molecule has 0 spiro atoms. The number of ether oxygens (including phenoxy) is 2. The lowest BCUT2D eigenvalue weighted by Gasteiger charge is -2.20. The van der Waals surface area contributed by atoms with Gasteiger partial charge in [0.1, 0.15) is 0 Å². The van der Waals surface area contributed by atoms with E-state index in [1.807, 2.05) is 12.1 Å². The first kappa shape index (κ1) is 11.8. The van der Waals surface area contributed by atoms with Crippen molar-refractivity contribution < 1.29 is 9.47 Å². The Balaban J connectivity index is 1.60. The molecule has 0 atom stereocenters. The standard InChI is InChI=1S/C15H21NO2/c1-11(2)15(6-7-15)9-16-8-12-4-3-5-13-14(12)18-10-17-13/h3-5,11,16H,6-10H2,1-2H3. The molecular weight excluding hydrogens is 226 g/mol. The van der Waals surface area contributed by atoms with Crippen molar-refractivity contribution in [2.24, 2.45) is 11.3 Å². The highest BCUT2D eigenvalue weighted by Crippen LogP contribution is 2.51. The van der Waals surface area contributed by atoms with Crippen molar-refractivity contribution in [1.29, 1.82) is 0 Å². The number of nitrogens with one attached hydrogen (secondary N) is 1. The van der Waals surface area contributed by atoms with Crippen LogP contribution in [0.4, 0.5) is 0 Å². The minimum absolute atomic E-state index is 0.349. The van der Waals surface area contributed by atoms with E-state index in [2.05, 4.69) is 25.2 Å². The van der Waals surface area contributed by atoms with E-state index in [4.69, 9.17) is 9.47 Å². The molecule has 18 heavy (non-hydrogen) atoms. The second-order valence-electron chi connectivity index (χ2n) is 5.77. The van der Waals surface area contributed by atoms with E-state index >= 15 is 0 Å². The minimum atomic E-state index is 0.349. The Kier molecular flexibility index (Phi) is 2.94. The molecule has 2 aliphatic rings. The molecule has 1 heterocycles. The van der Waals surface area contributed by atoms with Gasteiger partial charge in [-0.3, -0.25) is 0 Å². The number of fused-ring (bicyclic) bond motifs is 1. The topological polar surface area (TPSA) is 30.5 Å². The van der Waals surface area contributed by atoms with Crippen molar-refractivity contribution >= 4 is 0 Å². The van der Waals surface area contributed by atoms with E-state index in [9.17, 15) is 0 Å². The van der Waals surface area contributed by atoms with Crippen LogP contribution in [0.5, 0.6) is 11.5 Å². The predicted octanol–water partition coefficient (Wildman–Crippen LogP) is 2.94.